The largest absolute Gasteiger partial charge is 0.356 e. The Morgan fingerprint density at radius 2 is 2.37 bits per heavy atom. The van der Waals surface area contributed by atoms with E-state index in [0.29, 0.717) is 6.42 Å². The molecule has 0 aliphatic heterocycles. The van der Waals surface area contributed by atoms with Gasteiger partial charge in [0.05, 0.1) is 23.4 Å². The number of nitrogens with zero attached hydrogens (tertiary/aromatic N) is 3. The number of hydrogen-bond acceptors (Lipinski definition) is 4. The van der Waals surface area contributed by atoms with Crippen molar-refractivity contribution in [1.82, 2.24) is 19.9 Å². The molecule has 2 rings (SSSR count). The van der Waals surface area contributed by atoms with Crippen molar-refractivity contribution in [2.45, 2.75) is 32.7 Å². The lowest BCUT2D eigenvalue weighted by Crippen LogP contribution is -2.26. The molecule has 0 aliphatic rings. The summed E-state index contributed by atoms with van der Waals surface area (Å²) in [5, 5.41) is 5.86. The topological polar surface area (TPSA) is 59.8 Å². The van der Waals surface area contributed by atoms with E-state index in [0.717, 1.165) is 36.6 Å². The molecular weight excluding hydrogens is 260 g/mol. The van der Waals surface area contributed by atoms with Crippen molar-refractivity contribution in [2.75, 3.05) is 6.54 Å². The molecule has 5 nitrogen and oxygen atoms in total. The fourth-order valence-electron chi connectivity index (χ4n) is 1.78. The smallest absolute Gasteiger partial charge is 0.226 e. The third-order valence-corrected chi connectivity index (χ3v) is 3.56. The summed E-state index contributed by atoms with van der Waals surface area (Å²) in [6.07, 6.45) is 7.92. The highest BCUT2D eigenvalue weighted by Crippen LogP contribution is 2.08. The van der Waals surface area contributed by atoms with E-state index in [2.05, 4.69) is 15.3 Å². The van der Waals surface area contributed by atoms with Crippen molar-refractivity contribution < 1.29 is 4.79 Å². The highest BCUT2D eigenvalue weighted by atomic mass is 32.1. The van der Waals surface area contributed by atoms with Crippen LogP contribution >= 0.6 is 11.3 Å². The molecule has 2 aromatic heterocycles. The monoisotopic (exact) mass is 278 g/mol. The summed E-state index contributed by atoms with van der Waals surface area (Å²) in [6.45, 7) is 3.61. The molecule has 0 spiro atoms. The minimum absolute atomic E-state index is 0.0490. The van der Waals surface area contributed by atoms with E-state index in [4.69, 9.17) is 0 Å². The number of nitrogens with one attached hydrogen (secondary N) is 1. The second-order valence-electron chi connectivity index (χ2n) is 4.39. The van der Waals surface area contributed by atoms with E-state index in [1.165, 1.54) is 0 Å². The number of aromatic nitrogens is 3. The van der Waals surface area contributed by atoms with Crippen LogP contribution in [0.15, 0.2) is 24.1 Å². The lowest BCUT2D eigenvalue weighted by molar-refractivity contribution is -0.120. The second kappa shape index (κ2) is 7.04. The summed E-state index contributed by atoms with van der Waals surface area (Å²) in [6, 6.07) is 0. The Labute approximate surface area is 116 Å². The summed E-state index contributed by atoms with van der Waals surface area (Å²) in [5.74, 6) is 0.0490. The maximum atomic E-state index is 11.7. The quantitative estimate of drug-likeness (QED) is 0.785. The van der Waals surface area contributed by atoms with Gasteiger partial charge in [-0.25, -0.2) is 9.97 Å². The summed E-state index contributed by atoms with van der Waals surface area (Å²) >= 11 is 1.58. The SMILES string of the molecule is Cc1nc(CC(=O)NCCCCn2ccnc2)cs1. The molecule has 0 saturated heterocycles. The van der Waals surface area contributed by atoms with Gasteiger partial charge in [0.1, 0.15) is 0 Å². The van der Waals surface area contributed by atoms with Gasteiger partial charge in [-0.15, -0.1) is 11.3 Å². The number of carbonyl (C=O) groups is 1. The van der Waals surface area contributed by atoms with Crippen molar-refractivity contribution in [3.05, 3.63) is 34.8 Å². The molecular formula is C13H18N4OS. The molecule has 0 fully saturated rings. The predicted molar refractivity (Wildman–Crippen MR) is 75.0 cm³/mol. The van der Waals surface area contributed by atoms with Gasteiger partial charge in [0.25, 0.3) is 0 Å². The molecule has 1 amide bonds. The minimum atomic E-state index is 0.0490. The van der Waals surface area contributed by atoms with Crippen molar-refractivity contribution in [1.29, 1.82) is 0 Å². The van der Waals surface area contributed by atoms with Crippen LogP contribution in [0.2, 0.25) is 0 Å². The maximum absolute atomic E-state index is 11.7. The average molecular weight is 278 g/mol. The number of rotatable bonds is 7. The standard InChI is InChI=1S/C13H18N4OS/c1-11-16-12(9-19-11)8-13(18)15-4-2-3-6-17-7-5-14-10-17/h5,7,9-10H,2-4,6,8H2,1H3,(H,15,18). The number of carbonyl (C=O) groups excluding carboxylic acids is 1. The molecule has 0 aliphatic carbocycles. The van der Waals surface area contributed by atoms with E-state index in [1.807, 2.05) is 29.4 Å². The van der Waals surface area contributed by atoms with Crippen LogP contribution in [0.5, 0.6) is 0 Å². The number of hydrogen-bond donors (Lipinski definition) is 1. The summed E-state index contributed by atoms with van der Waals surface area (Å²) in [4.78, 5) is 19.9. The summed E-state index contributed by atoms with van der Waals surface area (Å²) in [7, 11) is 0. The number of amides is 1. The van der Waals surface area contributed by atoms with Crippen molar-refractivity contribution in [3.63, 3.8) is 0 Å². The second-order valence-corrected chi connectivity index (χ2v) is 5.45. The molecule has 0 bridgehead atoms. The Hall–Kier alpha value is -1.69. The zero-order valence-electron chi connectivity index (χ0n) is 11.0. The number of aryl methyl sites for hydroxylation is 2. The van der Waals surface area contributed by atoms with Crippen LogP contribution in [-0.2, 0) is 17.8 Å². The van der Waals surface area contributed by atoms with E-state index >= 15 is 0 Å². The molecule has 1 N–H and O–H groups in total. The Kier molecular flexibility index (Phi) is 5.09. The van der Waals surface area contributed by atoms with E-state index in [-0.39, 0.29) is 5.91 Å². The third-order valence-electron chi connectivity index (χ3n) is 2.73. The van der Waals surface area contributed by atoms with Crippen LogP contribution < -0.4 is 5.32 Å². The van der Waals surface area contributed by atoms with Crippen LogP contribution in [0, 0.1) is 6.92 Å². The molecule has 0 saturated carbocycles. The van der Waals surface area contributed by atoms with Gasteiger partial charge in [-0.05, 0) is 19.8 Å². The minimum Gasteiger partial charge on any atom is -0.356 e. The maximum Gasteiger partial charge on any atom is 0.226 e. The zero-order chi connectivity index (χ0) is 13.5. The molecule has 0 radical (unpaired) electrons. The number of unbranched alkanes of at least 4 members (excludes halogenated alkanes) is 1. The first-order valence-electron chi connectivity index (χ1n) is 6.37. The Balaban J connectivity index is 1.56. The van der Waals surface area contributed by atoms with Crippen LogP contribution in [0.25, 0.3) is 0 Å². The van der Waals surface area contributed by atoms with Crippen LogP contribution in [-0.4, -0.2) is 27.0 Å². The molecule has 19 heavy (non-hydrogen) atoms. The van der Waals surface area contributed by atoms with Crippen LogP contribution in [0.1, 0.15) is 23.5 Å². The zero-order valence-corrected chi connectivity index (χ0v) is 11.8. The van der Waals surface area contributed by atoms with Gasteiger partial charge in [-0.1, -0.05) is 0 Å². The van der Waals surface area contributed by atoms with Gasteiger partial charge < -0.3 is 9.88 Å². The fourth-order valence-corrected chi connectivity index (χ4v) is 2.40. The van der Waals surface area contributed by atoms with Gasteiger partial charge in [-0.2, -0.15) is 0 Å². The molecule has 102 valence electrons. The molecule has 6 heteroatoms. The van der Waals surface area contributed by atoms with Crippen LogP contribution in [0.4, 0.5) is 0 Å². The van der Waals surface area contributed by atoms with Gasteiger partial charge >= 0.3 is 0 Å². The van der Waals surface area contributed by atoms with Crippen molar-refractivity contribution in [2.24, 2.45) is 0 Å². The first kappa shape index (κ1) is 13.7. The number of thiazole rings is 1. The van der Waals surface area contributed by atoms with Gasteiger partial charge in [0, 0.05) is 30.9 Å². The van der Waals surface area contributed by atoms with Gasteiger partial charge in [0.2, 0.25) is 5.91 Å². The average Bonchev–Trinajstić information content (AvgIpc) is 3.01. The molecule has 2 aromatic rings. The molecule has 2 heterocycles. The van der Waals surface area contributed by atoms with Gasteiger partial charge in [0.15, 0.2) is 0 Å². The van der Waals surface area contributed by atoms with E-state index < -0.39 is 0 Å². The number of imidazole rings is 1. The van der Waals surface area contributed by atoms with Crippen molar-refractivity contribution in [3.8, 4) is 0 Å². The Morgan fingerprint density at radius 3 is 3.05 bits per heavy atom. The summed E-state index contributed by atoms with van der Waals surface area (Å²) < 4.78 is 2.04. The fraction of sp³-hybridized carbons (Fsp3) is 0.462. The summed E-state index contributed by atoms with van der Waals surface area (Å²) in [5.41, 5.74) is 0.860. The van der Waals surface area contributed by atoms with Gasteiger partial charge in [-0.3, -0.25) is 4.79 Å². The Morgan fingerprint density at radius 1 is 1.47 bits per heavy atom. The highest BCUT2D eigenvalue weighted by Gasteiger charge is 2.05. The Bertz CT molecular complexity index is 506. The molecule has 0 unspecified atom stereocenters. The predicted octanol–water partition coefficient (Wildman–Crippen LogP) is 1.79. The normalized spacial score (nSPS) is 10.6. The van der Waals surface area contributed by atoms with E-state index in [1.54, 1.807) is 17.5 Å². The van der Waals surface area contributed by atoms with E-state index in [9.17, 15) is 4.79 Å². The van der Waals surface area contributed by atoms with Crippen LogP contribution in [0.3, 0.4) is 0 Å². The highest BCUT2D eigenvalue weighted by molar-refractivity contribution is 7.09. The first-order chi connectivity index (χ1) is 9.24. The molecule has 0 atom stereocenters. The van der Waals surface area contributed by atoms with Crippen molar-refractivity contribution >= 4 is 17.2 Å². The third kappa shape index (κ3) is 4.82. The molecule has 0 aromatic carbocycles. The lowest BCUT2D eigenvalue weighted by atomic mass is 10.3. The first-order valence-corrected chi connectivity index (χ1v) is 7.25. The lowest BCUT2D eigenvalue weighted by Gasteiger charge is -2.04.